The highest BCUT2D eigenvalue weighted by molar-refractivity contribution is 5.99. The second-order valence-electron chi connectivity index (χ2n) is 8.70. The number of amides is 1. The quantitative estimate of drug-likeness (QED) is 0.853. The topological polar surface area (TPSA) is 61.6 Å². The summed E-state index contributed by atoms with van der Waals surface area (Å²) in [4.78, 5) is 18.0. The van der Waals surface area contributed by atoms with Gasteiger partial charge in [0.2, 0.25) is 5.91 Å². The third-order valence-corrected chi connectivity index (χ3v) is 6.87. The van der Waals surface area contributed by atoms with Crippen LogP contribution in [0.4, 0.5) is 5.69 Å². The number of rotatable bonds is 4. The van der Waals surface area contributed by atoms with E-state index in [-0.39, 0.29) is 11.9 Å². The van der Waals surface area contributed by atoms with Crippen LogP contribution in [-0.4, -0.2) is 60.5 Å². The van der Waals surface area contributed by atoms with E-state index in [2.05, 4.69) is 41.1 Å². The van der Waals surface area contributed by atoms with Crippen molar-refractivity contribution in [3.05, 3.63) is 29.3 Å². The highest BCUT2D eigenvalue weighted by Gasteiger charge is 2.45. The molecule has 150 valence electrons. The van der Waals surface area contributed by atoms with E-state index in [4.69, 9.17) is 5.73 Å². The number of nitrogens with one attached hydrogen (secondary N) is 1. The average Bonchev–Trinajstić information content (AvgIpc) is 2.65. The summed E-state index contributed by atoms with van der Waals surface area (Å²) >= 11 is 0. The van der Waals surface area contributed by atoms with Crippen LogP contribution in [0.1, 0.15) is 49.7 Å². The molecule has 3 rings (SSSR count). The van der Waals surface area contributed by atoms with Crippen LogP contribution >= 0.6 is 0 Å². The van der Waals surface area contributed by atoms with E-state index in [0.29, 0.717) is 6.04 Å². The summed E-state index contributed by atoms with van der Waals surface area (Å²) in [5.74, 6) is 0.123. The highest BCUT2D eigenvalue weighted by atomic mass is 16.2. The predicted octanol–water partition coefficient (Wildman–Crippen LogP) is 2.91. The molecule has 1 saturated heterocycles. The number of nitrogens with zero attached hydrogens (tertiary/aromatic N) is 2. The third kappa shape index (κ3) is 4.05. The second kappa shape index (κ2) is 8.29. The summed E-state index contributed by atoms with van der Waals surface area (Å²) in [6, 6.07) is 6.92. The first-order chi connectivity index (χ1) is 12.8. The van der Waals surface area contributed by atoms with Gasteiger partial charge in [0.25, 0.3) is 0 Å². The van der Waals surface area contributed by atoms with E-state index in [9.17, 15) is 4.79 Å². The number of nitrogens with two attached hydrogens (primary N) is 1. The Balaban J connectivity index is 1.73. The Morgan fingerprint density at radius 3 is 2.30 bits per heavy atom. The van der Waals surface area contributed by atoms with E-state index in [0.717, 1.165) is 49.2 Å². The number of piperidine rings is 1. The molecule has 0 spiro atoms. The summed E-state index contributed by atoms with van der Waals surface area (Å²) in [5, 5.41) is 3.25. The Morgan fingerprint density at radius 1 is 1.15 bits per heavy atom. The minimum absolute atomic E-state index is 0.123. The number of benzene rings is 1. The largest absolute Gasteiger partial charge is 0.326 e. The van der Waals surface area contributed by atoms with Gasteiger partial charge in [-0.1, -0.05) is 31.0 Å². The maximum atomic E-state index is 13.4. The normalized spacial score (nSPS) is 26.1. The molecule has 2 aliphatic rings. The van der Waals surface area contributed by atoms with Crippen LogP contribution in [-0.2, 0) is 4.79 Å². The molecule has 1 aromatic rings. The van der Waals surface area contributed by atoms with Gasteiger partial charge in [-0.25, -0.2) is 0 Å². The number of carbonyl (C=O) groups excluding carboxylic acids is 1. The van der Waals surface area contributed by atoms with Gasteiger partial charge >= 0.3 is 0 Å². The third-order valence-electron chi connectivity index (χ3n) is 6.87. The van der Waals surface area contributed by atoms with Gasteiger partial charge in [0.05, 0.1) is 0 Å². The summed E-state index contributed by atoms with van der Waals surface area (Å²) in [7, 11) is 4.07. The van der Waals surface area contributed by atoms with Crippen molar-refractivity contribution >= 4 is 11.6 Å². The lowest BCUT2D eigenvalue weighted by molar-refractivity contribution is -0.130. The van der Waals surface area contributed by atoms with Crippen molar-refractivity contribution in [3.63, 3.8) is 0 Å². The highest BCUT2D eigenvalue weighted by Crippen LogP contribution is 2.33. The molecule has 0 aromatic heterocycles. The lowest BCUT2D eigenvalue weighted by atomic mass is 9.82. The summed E-state index contributed by atoms with van der Waals surface area (Å²) in [5.41, 5.74) is 9.13. The Kier molecular flexibility index (Phi) is 6.24. The molecule has 5 nitrogen and oxygen atoms in total. The Hall–Kier alpha value is -1.43. The van der Waals surface area contributed by atoms with E-state index in [1.165, 1.54) is 19.3 Å². The fourth-order valence-electron chi connectivity index (χ4n) is 4.94. The lowest BCUT2D eigenvalue weighted by Crippen LogP contribution is -2.62. The van der Waals surface area contributed by atoms with E-state index in [1.54, 1.807) is 0 Å². The molecule has 3 N–H and O–H groups in total. The molecule has 1 heterocycles. The van der Waals surface area contributed by atoms with Crippen molar-refractivity contribution in [1.29, 1.82) is 0 Å². The molecule has 1 aliphatic heterocycles. The molecular weight excluding hydrogens is 336 g/mol. The zero-order valence-corrected chi connectivity index (χ0v) is 17.4. The molecule has 1 amide bonds. The maximum absolute atomic E-state index is 13.4. The summed E-state index contributed by atoms with van der Waals surface area (Å²) in [6.07, 6.45) is 6.56. The molecular formula is C22H36N4O. The Labute approximate surface area is 164 Å². The fourth-order valence-corrected chi connectivity index (χ4v) is 4.94. The van der Waals surface area contributed by atoms with Crippen LogP contribution in [0, 0.1) is 13.8 Å². The van der Waals surface area contributed by atoms with Gasteiger partial charge in [0.15, 0.2) is 0 Å². The van der Waals surface area contributed by atoms with Crippen LogP contribution in [0.5, 0.6) is 0 Å². The standard InChI is InChI=1S/C22H36N4O/c1-16-8-7-9-17(2)20(16)24-21(27)22(25(3)4)12-14-26(15-13-22)19-11-6-5-10-18(19)23/h7-9,18-19H,5-6,10-15,23H2,1-4H3,(H,24,27)/t18-,19-/m1/s1. The molecule has 0 unspecified atom stereocenters. The van der Waals surface area contributed by atoms with Crippen LogP contribution in [0.15, 0.2) is 18.2 Å². The van der Waals surface area contributed by atoms with Crippen molar-refractivity contribution in [1.82, 2.24) is 9.80 Å². The van der Waals surface area contributed by atoms with Gasteiger partial charge in [-0.2, -0.15) is 0 Å². The zero-order chi connectivity index (χ0) is 19.6. The second-order valence-corrected chi connectivity index (χ2v) is 8.70. The number of hydrogen-bond acceptors (Lipinski definition) is 4. The molecule has 2 atom stereocenters. The first-order valence-electron chi connectivity index (χ1n) is 10.4. The van der Waals surface area contributed by atoms with Gasteiger partial charge in [-0.15, -0.1) is 0 Å². The number of likely N-dealkylation sites (N-methyl/N-ethyl adjacent to an activating group) is 1. The molecule has 1 aliphatic carbocycles. The van der Waals surface area contributed by atoms with Crippen molar-refractivity contribution in [3.8, 4) is 0 Å². The van der Waals surface area contributed by atoms with Crippen LogP contribution in [0.25, 0.3) is 0 Å². The Morgan fingerprint density at radius 2 is 1.74 bits per heavy atom. The molecule has 1 saturated carbocycles. The number of hydrogen-bond donors (Lipinski definition) is 2. The number of likely N-dealkylation sites (tertiary alicyclic amines) is 1. The smallest absolute Gasteiger partial charge is 0.244 e. The van der Waals surface area contributed by atoms with Gasteiger partial charge < -0.3 is 11.1 Å². The number of carbonyl (C=O) groups is 1. The van der Waals surface area contributed by atoms with Crippen LogP contribution in [0.3, 0.4) is 0 Å². The van der Waals surface area contributed by atoms with Crippen molar-refractivity contribution in [2.24, 2.45) is 5.73 Å². The van der Waals surface area contributed by atoms with Crippen LogP contribution in [0.2, 0.25) is 0 Å². The van der Waals surface area contributed by atoms with Crippen molar-refractivity contribution in [2.75, 3.05) is 32.5 Å². The monoisotopic (exact) mass is 372 g/mol. The summed E-state index contributed by atoms with van der Waals surface area (Å²) in [6.45, 7) is 5.99. The fraction of sp³-hybridized carbons (Fsp3) is 0.682. The predicted molar refractivity (Wildman–Crippen MR) is 112 cm³/mol. The zero-order valence-electron chi connectivity index (χ0n) is 17.4. The van der Waals surface area contributed by atoms with Gasteiger partial charge in [-0.05, 0) is 64.8 Å². The van der Waals surface area contributed by atoms with Gasteiger partial charge in [-0.3, -0.25) is 14.6 Å². The van der Waals surface area contributed by atoms with E-state index < -0.39 is 5.54 Å². The number of aryl methyl sites for hydroxylation is 2. The minimum Gasteiger partial charge on any atom is -0.326 e. The molecule has 0 radical (unpaired) electrons. The van der Waals surface area contributed by atoms with E-state index in [1.807, 2.05) is 20.2 Å². The lowest BCUT2D eigenvalue weighted by Gasteiger charge is -2.48. The first kappa shape index (κ1) is 20.3. The number of para-hydroxylation sites is 1. The van der Waals surface area contributed by atoms with Crippen molar-refractivity contribution in [2.45, 2.75) is 70.0 Å². The van der Waals surface area contributed by atoms with Gasteiger partial charge in [0, 0.05) is 30.9 Å². The average molecular weight is 373 g/mol. The van der Waals surface area contributed by atoms with Gasteiger partial charge in [0.1, 0.15) is 5.54 Å². The first-order valence-corrected chi connectivity index (χ1v) is 10.4. The van der Waals surface area contributed by atoms with Crippen molar-refractivity contribution < 1.29 is 4.79 Å². The molecule has 27 heavy (non-hydrogen) atoms. The Bertz CT molecular complexity index is 644. The molecule has 0 bridgehead atoms. The molecule has 1 aromatic carbocycles. The SMILES string of the molecule is Cc1cccc(C)c1NC(=O)C1(N(C)C)CCN([C@@H]2CCCC[C@H]2N)CC1. The maximum Gasteiger partial charge on any atom is 0.244 e. The minimum atomic E-state index is -0.454. The molecule has 2 fully saturated rings. The van der Waals surface area contributed by atoms with Crippen LogP contribution < -0.4 is 11.1 Å². The summed E-state index contributed by atoms with van der Waals surface area (Å²) < 4.78 is 0. The molecule has 5 heteroatoms. The van der Waals surface area contributed by atoms with E-state index >= 15 is 0 Å². The number of anilines is 1.